The van der Waals surface area contributed by atoms with E-state index in [9.17, 15) is 10.1 Å². The minimum absolute atomic E-state index is 0.0173. The Morgan fingerprint density at radius 3 is 2.57 bits per heavy atom. The van der Waals surface area contributed by atoms with Gasteiger partial charge in [0, 0.05) is 5.69 Å². The van der Waals surface area contributed by atoms with Crippen molar-refractivity contribution in [3.63, 3.8) is 0 Å². The molecule has 1 aromatic heterocycles. The maximum Gasteiger partial charge on any atom is 0.329 e. The lowest BCUT2D eigenvalue weighted by atomic mass is 9.86. The SMILES string of the molecule is CC(C)(C)c1ccccc1Nc1nc(N)ncc1[N+](=O)[O-]. The van der Waals surface area contributed by atoms with Gasteiger partial charge in [0.25, 0.3) is 0 Å². The molecular formula is C14H17N5O2. The third-order valence-corrected chi connectivity index (χ3v) is 2.97. The Balaban J connectivity index is 2.49. The minimum Gasteiger partial charge on any atom is -0.368 e. The first-order valence-electron chi connectivity index (χ1n) is 6.42. The van der Waals surface area contributed by atoms with Gasteiger partial charge >= 0.3 is 5.69 Å². The number of rotatable bonds is 3. The van der Waals surface area contributed by atoms with Crippen LogP contribution in [0.25, 0.3) is 0 Å². The van der Waals surface area contributed by atoms with Crippen molar-refractivity contribution in [1.29, 1.82) is 0 Å². The summed E-state index contributed by atoms with van der Waals surface area (Å²) in [5.74, 6) is 0.0699. The Morgan fingerprint density at radius 1 is 1.29 bits per heavy atom. The second-order valence-corrected chi connectivity index (χ2v) is 5.64. The fourth-order valence-electron chi connectivity index (χ4n) is 1.99. The Kier molecular flexibility index (Phi) is 3.75. The average Bonchev–Trinajstić information content (AvgIpc) is 2.37. The van der Waals surface area contributed by atoms with E-state index in [-0.39, 0.29) is 22.9 Å². The van der Waals surface area contributed by atoms with E-state index in [0.717, 1.165) is 17.4 Å². The van der Waals surface area contributed by atoms with Crippen molar-refractivity contribution >= 4 is 23.1 Å². The fraction of sp³-hybridized carbons (Fsp3) is 0.286. The van der Waals surface area contributed by atoms with Crippen molar-refractivity contribution in [2.24, 2.45) is 0 Å². The predicted molar refractivity (Wildman–Crippen MR) is 81.5 cm³/mol. The highest BCUT2D eigenvalue weighted by Gasteiger charge is 2.21. The lowest BCUT2D eigenvalue weighted by molar-refractivity contribution is -0.384. The zero-order valence-electron chi connectivity index (χ0n) is 12.1. The lowest BCUT2D eigenvalue weighted by Gasteiger charge is -2.23. The standard InChI is InChI=1S/C14H17N5O2/c1-14(2,3)9-6-4-5-7-10(9)17-12-11(19(20)21)8-16-13(15)18-12/h4-8H,1-3H3,(H3,15,16,17,18). The molecule has 0 atom stereocenters. The van der Waals surface area contributed by atoms with E-state index in [1.54, 1.807) is 0 Å². The lowest BCUT2D eigenvalue weighted by Crippen LogP contribution is -2.14. The van der Waals surface area contributed by atoms with Gasteiger partial charge in [-0.05, 0) is 17.0 Å². The first-order valence-corrected chi connectivity index (χ1v) is 6.42. The summed E-state index contributed by atoms with van der Waals surface area (Å²) in [6.45, 7) is 6.20. The van der Waals surface area contributed by atoms with Crippen LogP contribution in [0.2, 0.25) is 0 Å². The predicted octanol–water partition coefficient (Wildman–Crippen LogP) is 3.01. The fourth-order valence-corrected chi connectivity index (χ4v) is 1.99. The maximum absolute atomic E-state index is 11.0. The summed E-state index contributed by atoms with van der Waals surface area (Å²) < 4.78 is 0. The van der Waals surface area contributed by atoms with E-state index >= 15 is 0 Å². The molecule has 0 spiro atoms. The van der Waals surface area contributed by atoms with Crippen molar-refractivity contribution in [3.8, 4) is 0 Å². The van der Waals surface area contributed by atoms with Gasteiger partial charge in [-0.3, -0.25) is 10.1 Å². The maximum atomic E-state index is 11.0. The van der Waals surface area contributed by atoms with Crippen molar-refractivity contribution in [2.75, 3.05) is 11.1 Å². The second-order valence-electron chi connectivity index (χ2n) is 5.64. The van der Waals surface area contributed by atoms with Crippen LogP contribution in [-0.4, -0.2) is 14.9 Å². The third-order valence-electron chi connectivity index (χ3n) is 2.97. The quantitative estimate of drug-likeness (QED) is 0.663. The summed E-state index contributed by atoms with van der Waals surface area (Å²) in [6, 6.07) is 7.60. The summed E-state index contributed by atoms with van der Waals surface area (Å²) in [5, 5.41) is 14.0. The van der Waals surface area contributed by atoms with Crippen molar-refractivity contribution in [3.05, 3.63) is 46.1 Å². The topological polar surface area (TPSA) is 107 Å². The Bertz CT molecular complexity index is 679. The molecule has 0 aliphatic heterocycles. The van der Waals surface area contributed by atoms with E-state index in [1.165, 1.54) is 0 Å². The summed E-state index contributed by atoms with van der Waals surface area (Å²) in [7, 11) is 0. The molecule has 0 saturated carbocycles. The van der Waals surface area contributed by atoms with Gasteiger partial charge < -0.3 is 11.1 Å². The molecule has 3 N–H and O–H groups in total. The molecule has 2 rings (SSSR count). The molecule has 0 amide bonds. The van der Waals surface area contributed by atoms with Crippen LogP contribution in [0.15, 0.2) is 30.5 Å². The molecule has 0 aliphatic carbocycles. The van der Waals surface area contributed by atoms with Gasteiger partial charge in [-0.2, -0.15) is 4.98 Å². The van der Waals surface area contributed by atoms with Gasteiger partial charge in [-0.1, -0.05) is 39.0 Å². The molecule has 1 heterocycles. The van der Waals surface area contributed by atoms with E-state index in [4.69, 9.17) is 5.73 Å². The number of nitro groups is 1. The molecule has 21 heavy (non-hydrogen) atoms. The van der Waals surface area contributed by atoms with Crippen LogP contribution < -0.4 is 11.1 Å². The molecule has 0 bridgehead atoms. The van der Waals surface area contributed by atoms with Crippen LogP contribution in [0.5, 0.6) is 0 Å². The number of nitrogens with one attached hydrogen (secondary N) is 1. The highest BCUT2D eigenvalue weighted by Crippen LogP contribution is 2.33. The third kappa shape index (κ3) is 3.25. The van der Waals surface area contributed by atoms with Gasteiger partial charge in [0.1, 0.15) is 6.20 Å². The van der Waals surface area contributed by atoms with Crippen molar-refractivity contribution < 1.29 is 4.92 Å². The minimum atomic E-state index is -0.540. The second kappa shape index (κ2) is 5.35. The molecule has 2 aromatic rings. The number of nitrogens with zero attached hydrogens (tertiary/aromatic N) is 3. The van der Waals surface area contributed by atoms with Gasteiger partial charge in [-0.25, -0.2) is 4.98 Å². The molecule has 1 aromatic carbocycles. The summed E-state index contributed by atoms with van der Waals surface area (Å²) in [4.78, 5) is 18.1. The average molecular weight is 287 g/mol. The monoisotopic (exact) mass is 287 g/mol. The zero-order chi connectivity index (χ0) is 15.6. The number of nitrogens with two attached hydrogens (primary N) is 1. The van der Waals surface area contributed by atoms with Crippen LogP contribution in [0, 0.1) is 10.1 Å². The Hall–Kier alpha value is -2.70. The molecule has 0 aliphatic rings. The highest BCUT2D eigenvalue weighted by atomic mass is 16.6. The highest BCUT2D eigenvalue weighted by molar-refractivity contribution is 5.68. The molecule has 0 radical (unpaired) electrons. The van der Waals surface area contributed by atoms with E-state index in [1.807, 2.05) is 24.3 Å². The van der Waals surface area contributed by atoms with Crippen LogP contribution in [0.1, 0.15) is 26.3 Å². The van der Waals surface area contributed by atoms with E-state index < -0.39 is 4.92 Å². The Labute approximate surface area is 122 Å². The van der Waals surface area contributed by atoms with Crippen LogP contribution in [0.3, 0.4) is 0 Å². The molecule has 0 unspecified atom stereocenters. The summed E-state index contributed by atoms with van der Waals surface area (Å²) in [6.07, 6.45) is 1.10. The number of benzene rings is 1. The van der Waals surface area contributed by atoms with Gasteiger partial charge in [-0.15, -0.1) is 0 Å². The van der Waals surface area contributed by atoms with Crippen molar-refractivity contribution in [2.45, 2.75) is 26.2 Å². The summed E-state index contributed by atoms with van der Waals surface area (Å²) >= 11 is 0. The van der Waals surface area contributed by atoms with Gasteiger partial charge in [0.05, 0.1) is 4.92 Å². The van der Waals surface area contributed by atoms with Crippen LogP contribution >= 0.6 is 0 Å². The molecule has 7 heteroatoms. The number of hydrogen-bond acceptors (Lipinski definition) is 6. The number of hydrogen-bond donors (Lipinski definition) is 2. The molecular weight excluding hydrogens is 270 g/mol. The molecule has 0 saturated heterocycles. The molecule has 110 valence electrons. The first-order chi connectivity index (χ1) is 9.79. The smallest absolute Gasteiger partial charge is 0.329 e. The van der Waals surface area contributed by atoms with Crippen LogP contribution in [0.4, 0.5) is 23.1 Å². The summed E-state index contributed by atoms with van der Waals surface area (Å²) in [5.41, 5.74) is 6.97. The van der Waals surface area contributed by atoms with Gasteiger partial charge in [0.2, 0.25) is 11.8 Å². The zero-order valence-corrected chi connectivity index (χ0v) is 12.1. The number of nitrogen functional groups attached to an aromatic ring is 1. The number of aromatic nitrogens is 2. The van der Waals surface area contributed by atoms with Crippen LogP contribution in [-0.2, 0) is 5.41 Å². The normalized spacial score (nSPS) is 11.2. The largest absolute Gasteiger partial charge is 0.368 e. The first kappa shape index (κ1) is 14.7. The van der Waals surface area contributed by atoms with E-state index in [2.05, 4.69) is 36.1 Å². The number of para-hydroxylation sites is 1. The van der Waals surface area contributed by atoms with E-state index in [0.29, 0.717) is 0 Å². The Morgan fingerprint density at radius 2 is 1.95 bits per heavy atom. The molecule has 0 fully saturated rings. The van der Waals surface area contributed by atoms with Crippen molar-refractivity contribution in [1.82, 2.24) is 9.97 Å². The van der Waals surface area contributed by atoms with Gasteiger partial charge in [0.15, 0.2) is 0 Å². The molecule has 7 nitrogen and oxygen atoms in total. The number of anilines is 3.